The van der Waals surface area contributed by atoms with E-state index in [4.69, 9.17) is 0 Å². The number of hydrogen-bond acceptors (Lipinski definition) is 3. The van der Waals surface area contributed by atoms with Crippen molar-refractivity contribution in [1.82, 2.24) is 10.6 Å². The van der Waals surface area contributed by atoms with E-state index in [0.29, 0.717) is 24.2 Å². The molecule has 2 saturated carbocycles. The van der Waals surface area contributed by atoms with E-state index in [2.05, 4.69) is 29.3 Å². The van der Waals surface area contributed by atoms with Crippen LogP contribution in [0.15, 0.2) is 27.5 Å². The Hall–Kier alpha value is -1.65. The number of nitrogens with zero attached hydrogens (tertiary/aromatic N) is 1. The van der Waals surface area contributed by atoms with Gasteiger partial charge in [0.25, 0.3) is 5.91 Å². The molecule has 122 valence electrons. The first-order valence-electron chi connectivity index (χ1n) is 7.84. The van der Waals surface area contributed by atoms with Crippen LogP contribution in [0.2, 0.25) is 0 Å². The van der Waals surface area contributed by atoms with Crippen molar-refractivity contribution in [2.24, 2.45) is 4.99 Å². The van der Waals surface area contributed by atoms with Crippen molar-refractivity contribution < 1.29 is 9.18 Å². The maximum absolute atomic E-state index is 12.9. The summed E-state index contributed by atoms with van der Waals surface area (Å²) >= 11 is 0. The fraction of sp³-hybridized carbons (Fsp3) is 0.647. The highest BCUT2D eigenvalue weighted by molar-refractivity contribution is 5.98. The Labute approximate surface area is 132 Å². The van der Waals surface area contributed by atoms with Gasteiger partial charge in [0.1, 0.15) is 12.0 Å². The van der Waals surface area contributed by atoms with Gasteiger partial charge >= 0.3 is 0 Å². The lowest BCUT2D eigenvalue weighted by atomic mass is 9.90. The maximum Gasteiger partial charge on any atom is 0.251 e. The lowest BCUT2D eigenvalue weighted by molar-refractivity contribution is -0.118. The zero-order chi connectivity index (χ0) is 16.5. The second kappa shape index (κ2) is 6.23. The average molecular weight is 307 g/mol. The molecule has 0 saturated heterocycles. The molecule has 0 radical (unpaired) electrons. The van der Waals surface area contributed by atoms with E-state index >= 15 is 0 Å². The van der Waals surface area contributed by atoms with Gasteiger partial charge in [-0.1, -0.05) is 5.57 Å². The first-order valence-corrected chi connectivity index (χ1v) is 7.84. The molecule has 0 aromatic heterocycles. The highest BCUT2D eigenvalue weighted by atomic mass is 19.1. The van der Waals surface area contributed by atoms with E-state index in [1.54, 1.807) is 0 Å². The van der Waals surface area contributed by atoms with E-state index < -0.39 is 6.17 Å². The lowest BCUT2D eigenvalue weighted by Crippen LogP contribution is -2.46. The van der Waals surface area contributed by atoms with Gasteiger partial charge in [0.05, 0.1) is 0 Å². The second-order valence-electron chi connectivity index (χ2n) is 6.93. The molecule has 2 aliphatic carbocycles. The number of carbonyl (C=O) groups excluding carboxylic acids is 1. The third kappa shape index (κ3) is 3.76. The molecule has 0 bridgehead atoms. The average Bonchev–Trinajstić information content (AvgIpc) is 3.12. The Morgan fingerprint density at radius 3 is 2.27 bits per heavy atom. The minimum absolute atomic E-state index is 0.0568. The number of amides is 1. The number of allylic oxidation sites excluding steroid dienone is 1. The SMILES string of the molecule is C=N/C(NC1(C)CC1)=C(\C)C(C(=O)NC1CC(F)C1)=C(C)C. The maximum atomic E-state index is 12.9. The van der Waals surface area contributed by atoms with Crippen LogP contribution in [0.4, 0.5) is 4.39 Å². The summed E-state index contributed by atoms with van der Waals surface area (Å²) in [7, 11) is 0. The minimum Gasteiger partial charge on any atom is -0.365 e. The lowest BCUT2D eigenvalue weighted by Gasteiger charge is -2.31. The summed E-state index contributed by atoms with van der Waals surface area (Å²) in [6, 6.07) is -0.0568. The van der Waals surface area contributed by atoms with Gasteiger partial charge in [-0.05, 0) is 60.1 Å². The Morgan fingerprint density at radius 2 is 1.86 bits per heavy atom. The Morgan fingerprint density at radius 1 is 1.27 bits per heavy atom. The molecule has 0 unspecified atom stereocenters. The van der Waals surface area contributed by atoms with Crippen molar-refractivity contribution in [3.63, 3.8) is 0 Å². The van der Waals surface area contributed by atoms with Crippen molar-refractivity contribution in [1.29, 1.82) is 0 Å². The predicted molar refractivity (Wildman–Crippen MR) is 87.5 cm³/mol. The molecule has 0 aliphatic heterocycles. The summed E-state index contributed by atoms with van der Waals surface area (Å²) in [5.41, 5.74) is 2.38. The van der Waals surface area contributed by atoms with Gasteiger partial charge < -0.3 is 10.6 Å². The Kier molecular flexibility index (Phi) is 4.73. The molecular weight excluding hydrogens is 281 g/mol. The molecular formula is C17H26FN3O. The summed E-state index contributed by atoms with van der Waals surface area (Å²) in [5.74, 6) is 0.502. The number of nitrogens with one attached hydrogen (secondary N) is 2. The van der Waals surface area contributed by atoms with E-state index in [0.717, 1.165) is 24.0 Å². The molecule has 2 aliphatic rings. The molecule has 0 aromatic rings. The molecule has 0 heterocycles. The van der Waals surface area contributed by atoms with Gasteiger partial charge in [-0.15, -0.1) is 0 Å². The molecule has 0 aromatic carbocycles. The van der Waals surface area contributed by atoms with Gasteiger partial charge in [-0.2, -0.15) is 0 Å². The van der Waals surface area contributed by atoms with E-state index in [9.17, 15) is 9.18 Å². The van der Waals surface area contributed by atoms with Crippen molar-refractivity contribution in [2.45, 2.75) is 71.1 Å². The van der Waals surface area contributed by atoms with Crippen molar-refractivity contribution in [2.75, 3.05) is 0 Å². The van der Waals surface area contributed by atoms with Crippen molar-refractivity contribution in [3.8, 4) is 0 Å². The first-order chi connectivity index (χ1) is 10.3. The third-order valence-corrected chi connectivity index (χ3v) is 4.45. The fourth-order valence-corrected chi connectivity index (χ4v) is 2.66. The van der Waals surface area contributed by atoms with Gasteiger partial charge in [0.15, 0.2) is 0 Å². The molecule has 2 N–H and O–H groups in total. The summed E-state index contributed by atoms with van der Waals surface area (Å²) in [6.45, 7) is 11.4. The quantitative estimate of drug-likeness (QED) is 0.450. The first kappa shape index (κ1) is 16.7. The number of carbonyl (C=O) groups is 1. The van der Waals surface area contributed by atoms with Crippen LogP contribution in [-0.2, 0) is 4.79 Å². The minimum atomic E-state index is -0.779. The van der Waals surface area contributed by atoms with Gasteiger partial charge in [-0.3, -0.25) is 4.79 Å². The topological polar surface area (TPSA) is 53.5 Å². The number of rotatable bonds is 6. The van der Waals surface area contributed by atoms with Crippen molar-refractivity contribution >= 4 is 12.6 Å². The van der Waals surface area contributed by atoms with Crippen LogP contribution in [0, 0.1) is 0 Å². The zero-order valence-electron chi connectivity index (χ0n) is 13.9. The number of aliphatic imine (C=N–C) groups is 1. The Bertz CT molecular complexity index is 536. The van der Waals surface area contributed by atoms with Crippen LogP contribution >= 0.6 is 0 Å². The fourth-order valence-electron chi connectivity index (χ4n) is 2.66. The highest BCUT2D eigenvalue weighted by Crippen LogP contribution is 2.36. The Balaban J connectivity index is 2.17. The summed E-state index contributed by atoms with van der Waals surface area (Å²) in [4.78, 5) is 16.6. The van der Waals surface area contributed by atoms with Crippen LogP contribution in [0.5, 0.6) is 0 Å². The molecule has 2 fully saturated rings. The molecule has 1 amide bonds. The van der Waals surface area contributed by atoms with Crippen LogP contribution in [-0.4, -0.2) is 30.4 Å². The smallest absolute Gasteiger partial charge is 0.251 e. The second-order valence-corrected chi connectivity index (χ2v) is 6.93. The highest BCUT2D eigenvalue weighted by Gasteiger charge is 2.38. The molecule has 0 atom stereocenters. The van der Waals surface area contributed by atoms with E-state index in [1.165, 1.54) is 0 Å². The van der Waals surface area contributed by atoms with E-state index in [1.807, 2.05) is 20.8 Å². The zero-order valence-corrected chi connectivity index (χ0v) is 13.9. The summed E-state index contributed by atoms with van der Waals surface area (Å²) < 4.78 is 12.9. The van der Waals surface area contributed by atoms with Gasteiger partial charge in [-0.25, -0.2) is 9.38 Å². The van der Waals surface area contributed by atoms with Crippen LogP contribution in [0.25, 0.3) is 0 Å². The predicted octanol–water partition coefficient (Wildman–Crippen LogP) is 3.01. The molecule has 0 spiro atoms. The number of alkyl halides is 1. The third-order valence-electron chi connectivity index (χ3n) is 4.45. The molecule has 2 rings (SSSR count). The van der Waals surface area contributed by atoms with Crippen molar-refractivity contribution in [3.05, 3.63) is 22.5 Å². The normalized spacial score (nSPS) is 26.2. The molecule has 4 nitrogen and oxygen atoms in total. The number of halogens is 1. The summed E-state index contributed by atoms with van der Waals surface area (Å²) in [5, 5.41) is 6.28. The van der Waals surface area contributed by atoms with E-state index in [-0.39, 0.29) is 17.5 Å². The monoisotopic (exact) mass is 307 g/mol. The van der Waals surface area contributed by atoms with Gasteiger partial charge in [0.2, 0.25) is 0 Å². The standard InChI is InChI=1S/C17H26FN3O/c1-10(2)14(16(22)20-13-8-12(18)9-13)11(3)15(19-5)21-17(4)6-7-17/h12-13,21H,5-9H2,1-4H3,(H,20,22)/b15-11-. The molecule has 22 heavy (non-hydrogen) atoms. The largest absolute Gasteiger partial charge is 0.365 e. The van der Waals surface area contributed by atoms with Crippen LogP contribution in [0.1, 0.15) is 53.4 Å². The van der Waals surface area contributed by atoms with Crippen LogP contribution in [0.3, 0.4) is 0 Å². The number of hydrogen-bond donors (Lipinski definition) is 2. The van der Waals surface area contributed by atoms with Gasteiger partial charge in [0, 0.05) is 22.7 Å². The molecule has 5 heteroatoms. The van der Waals surface area contributed by atoms with Crippen LogP contribution < -0.4 is 10.6 Å². The summed E-state index contributed by atoms with van der Waals surface area (Å²) in [6.07, 6.45) is 2.23.